The summed E-state index contributed by atoms with van der Waals surface area (Å²) in [5.74, 6) is 0.911. The number of rotatable bonds is 5. The van der Waals surface area contributed by atoms with Crippen molar-refractivity contribution < 1.29 is 4.74 Å². The third-order valence-corrected chi connectivity index (χ3v) is 3.42. The van der Waals surface area contributed by atoms with E-state index in [9.17, 15) is 0 Å². The highest BCUT2D eigenvalue weighted by atomic mass is 16.5. The molecule has 3 nitrogen and oxygen atoms in total. The van der Waals surface area contributed by atoms with Crippen molar-refractivity contribution in [2.75, 3.05) is 6.61 Å². The van der Waals surface area contributed by atoms with Crippen LogP contribution in [0.4, 0.5) is 0 Å². The molecule has 3 heteroatoms. The van der Waals surface area contributed by atoms with Gasteiger partial charge in [-0.15, -0.1) is 0 Å². The summed E-state index contributed by atoms with van der Waals surface area (Å²) in [4.78, 5) is 0. The van der Waals surface area contributed by atoms with Gasteiger partial charge >= 0.3 is 0 Å². The lowest BCUT2D eigenvalue weighted by molar-refractivity contribution is 0.300. The van der Waals surface area contributed by atoms with E-state index in [1.807, 2.05) is 30.3 Å². The molecule has 0 aliphatic rings. The molecule has 0 amide bonds. The molecule has 3 aromatic rings. The number of nitrogens with zero attached hydrogens (tertiary/aromatic N) is 1. The van der Waals surface area contributed by atoms with E-state index in [1.165, 1.54) is 10.9 Å². The Morgan fingerprint density at radius 3 is 2.65 bits per heavy atom. The van der Waals surface area contributed by atoms with Crippen LogP contribution in [0, 0.1) is 0 Å². The number of hydrogen-bond donors (Lipinski definition) is 1. The Morgan fingerprint density at radius 1 is 1.00 bits per heavy atom. The highest BCUT2D eigenvalue weighted by Gasteiger charge is 2.02. The van der Waals surface area contributed by atoms with Crippen LogP contribution in [0.1, 0.15) is 5.56 Å². The first kappa shape index (κ1) is 12.8. The molecule has 0 fully saturated rings. The topological polar surface area (TPSA) is 40.2 Å². The first-order chi connectivity index (χ1) is 9.86. The fourth-order valence-corrected chi connectivity index (χ4v) is 2.35. The molecule has 20 heavy (non-hydrogen) atoms. The highest BCUT2D eigenvalue weighted by molar-refractivity contribution is 5.80. The molecule has 0 unspecified atom stereocenters. The predicted octanol–water partition coefficient (Wildman–Crippen LogP) is 3.18. The predicted molar refractivity (Wildman–Crippen MR) is 81.8 cm³/mol. The summed E-state index contributed by atoms with van der Waals surface area (Å²) in [5.41, 5.74) is 8.05. The lowest BCUT2D eigenvalue weighted by Gasteiger charge is -2.08. The molecular formula is C17H18N2O. The van der Waals surface area contributed by atoms with Gasteiger partial charge in [0.2, 0.25) is 0 Å². The van der Waals surface area contributed by atoms with Gasteiger partial charge < -0.3 is 15.0 Å². The molecule has 2 aromatic carbocycles. The van der Waals surface area contributed by atoms with Crippen LogP contribution in [0.3, 0.4) is 0 Å². The van der Waals surface area contributed by atoms with Gasteiger partial charge in [0.1, 0.15) is 12.4 Å². The van der Waals surface area contributed by atoms with Crippen LogP contribution in [-0.2, 0) is 13.1 Å². The average molecular weight is 266 g/mol. The van der Waals surface area contributed by atoms with Gasteiger partial charge in [0.05, 0.1) is 6.54 Å². The lowest BCUT2D eigenvalue weighted by atomic mass is 10.1. The van der Waals surface area contributed by atoms with Crippen molar-refractivity contribution in [3.05, 3.63) is 66.4 Å². The van der Waals surface area contributed by atoms with Crippen molar-refractivity contribution in [3.8, 4) is 5.75 Å². The zero-order chi connectivity index (χ0) is 13.8. The summed E-state index contributed by atoms with van der Waals surface area (Å²) in [6.45, 7) is 2.07. The molecule has 0 aliphatic carbocycles. The van der Waals surface area contributed by atoms with E-state index in [0.29, 0.717) is 13.2 Å². The van der Waals surface area contributed by atoms with E-state index in [2.05, 4.69) is 35.0 Å². The van der Waals surface area contributed by atoms with Crippen LogP contribution < -0.4 is 10.5 Å². The van der Waals surface area contributed by atoms with Gasteiger partial charge in [-0.2, -0.15) is 0 Å². The Hall–Kier alpha value is -2.26. The van der Waals surface area contributed by atoms with Gasteiger partial charge in [0.25, 0.3) is 0 Å². The van der Waals surface area contributed by atoms with Crippen LogP contribution >= 0.6 is 0 Å². The van der Waals surface area contributed by atoms with E-state index in [-0.39, 0.29) is 0 Å². The molecule has 0 saturated heterocycles. The number of fused-ring (bicyclic) bond motifs is 1. The Kier molecular flexibility index (Phi) is 3.70. The molecule has 0 atom stereocenters. The monoisotopic (exact) mass is 266 g/mol. The molecule has 0 spiro atoms. The standard InChI is InChI=1S/C17H18N2O/c18-13-14-6-7-17-15(12-14)8-9-19(17)10-11-20-16-4-2-1-3-5-16/h1-9,12H,10-11,13,18H2. The number of nitrogens with two attached hydrogens (primary N) is 1. The van der Waals surface area contributed by atoms with Crippen LogP contribution in [0.2, 0.25) is 0 Å². The number of hydrogen-bond acceptors (Lipinski definition) is 2. The molecule has 1 aromatic heterocycles. The van der Waals surface area contributed by atoms with Gasteiger partial charge in [-0.05, 0) is 41.3 Å². The SMILES string of the molecule is NCc1ccc2c(ccn2CCOc2ccccc2)c1. The zero-order valence-corrected chi connectivity index (χ0v) is 11.3. The summed E-state index contributed by atoms with van der Waals surface area (Å²) < 4.78 is 7.94. The van der Waals surface area contributed by atoms with Crippen LogP contribution in [-0.4, -0.2) is 11.2 Å². The van der Waals surface area contributed by atoms with Crippen molar-refractivity contribution in [1.82, 2.24) is 4.57 Å². The van der Waals surface area contributed by atoms with Crippen molar-refractivity contribution in [2.45, 2.75) is 13.1 Å². The fraction of sp³-hybridized carbons (Fsp3) is 0.176. The molecule has 0 bridgehead atoms. The second-order valence-electron chi connectivity index (χ2n) is 4.77. The average Bonchev–Trinajstić information content (AvgIpc) is 2.91. The normalized spacial score (nSPS) is 10.8. The maximum atomic E-state index is 5.73. The molecule has 0 saturated carbocycles. The van der Waals surface area contributed by atoms with Gasteiger partial charge in [-0.3, -0.25) is 0 Å². The minimum Gasteiger partial charge on any atom is -0.492 e. The lowest BCUT2D eigenvalue weighted by Crippen LogP contribution is -2.07. The quantitative estimate of drug-likeness (QED) is 0.770. The minimum absolute atomic E-state index is 0.582. The summed E-state index contributed by atoms with van der Waals surface area (Å²) >= 11 is 0. The number of aromatic nitrogens is 1. The Bertz CT molecular complexity index is 689. The molecule has 2 N–H and O–H groups in total. The Morgan fingerprint density at radius 2 is 1.85 bits per heavy atom. The van der Waals surface area contributed by atoms with E-state index in [0.717, 1.165) is 17.9 Å². The maximum Gasteiger partial charge on any atom is 0.119 e. The largest absolute Gasteiger partial charge is 0.492 e. The first-order valence-electron chi connectivity index (χ1n) is 6.82. The van der Waals surface area contributed by atoms with Gasteiger partial charge in [0.15, 0.2) is 0 Å². The smallest absolute Gasteiger partial charge is 0.119 e. The third-order valence-electron chi connectivity index (χ3n) is 3.42. The van der Waals surface area contributed by atoms with Gasteiger partial charge in [-0.25, -0.2) is 0 Å². The van der Waals surface area contributed by atoms with Gasteiger partial charge in [0, 0.05) is 18.3 Å². The second-order valence-corrected chi connectivity index (χ2v) is 4.77. The summed E-state index contributed by atoms with van der Waals surface area (Å²) in [6.07, 6.45) is 2.10. The van der Waals surface area contributed by atoms with Crippen LogP contribution in [0.15, 0.2) is 60.8 Å². The van der Waals surface area contributed by atoms with E-state index < -0.39 is 0 Å². The Labute approximate surface area is 118 Å². The van der Waals surface area contributed by atoms with Crippen LogP contribution in [0.25, 0.3) is 10.9 Å². The minimum atomic E-state index is 0.582. The molecule has 1 heterocycles. The van der Waals surface area contributed by atoms with Crippen molar-refractivity contribution >= 4 is 10.9 Å². The summed E-state index contributed by atoms with van der Waals surface area (Å²) in [5, 5.41) is 1.23. The zero-order valence-electron chi connectivity index (χ0n) is 11.3. The second kappa shape index (κ2) is 5.80. The van der Waals surface area contributed by atoms with Crippen LogP contribution in [0.5, 0.6) is 5.75 Å². The number of benzene rings is 2. The molecule has 0 radical (unpaired) electrons. The van der Waals surface area contributed by atoms with Crippen molar-refractivity contribution in [2.24, 2.45) is 5.73 Å². The number of para-hydroxylation sites is 1. The molecule has 0 aliphatic heterocycles. The van der Waals surface area contributed by atoms with Crippen molar-refractivity contribution in [1.29, 1.82) is 0 Å². The highest BCUT2D eigenvalue weighted by Crippen LogP contribution is 2.18. The molecular weight excluding hydrogens is 248 g/mol. The van der Waals surface area contributed by atoms with E-state index >= 15 is 0 Å². The molecule has 102 valence electrons. The summed E-state index contributed by atoms with van der Waals surface area (Å²) in [6, 6.07) is 18.4. The maximum absolute atomic E-state index is 5.73. The Balaban J connectivity index is 1.69. The van der Waals surface area contributed by atoms with E-state index in [1.54, 1.807) is 0 Å². The first-order valence-corrected chi connectivity index (χ1v) is 6.82. The van der Waals surface area contributed by atoms with Gasteiger partial charge in [-0.1, -0.05) is 24.3 Å². The fourth-order valence-electron chi connectivity index (χ4n) is 2.35. The van der Waals surface area contributed by atoms with E-state index in [4.69, 9.17) is 10.5 Å². The number of ether oxygens (including phenoxy) is 1. The van der Waals surface area contributed by atoms with Crippen molar-refractivity contribution in [3.63, 3.8) is 0 Å². The molecule has 3 rings (SSSR count). The third kappa shape index (κ3) is 2.68. The summed E-state index contributed by atoms with van der Waals surface area (Å²) in [7, 11) is 0.